The number of ether oxygens (including phenoxy) is 1. The van der Waals surface area contributed by atoms with Gasteiger partial charge in [0.25, 0.3) is 11.8 Å². The number of fused-ring (bicyclic) bond motifs is 1. The van der Waals surface area contributed by atoms with E-state index < -0.39 is 17.8 Å². The topological polar surface area (TPSA) is 118 Å². The molecule has 2 aromatic rings. The number of pyridine rings is 1. The van der Waals surface area contributed by atoms with Gasteiger partial charge in [0, 0.05) is 35.5 Å². The molecule has 0 aliphatic carbocycles. The SMILES string of the molecule is C=C(NC(=O)C(=C)N1Cc2c(ccnc2-c2ccc(NC(C)=O)cc2)C1=O)C(=O)OC. The summed E-state index contributed by atoms with van der Waals surface area (Å²) in [6.07, 6.45) is 1.51. The number of aromatic nitrogens is 1. The number of nitrogens with one attached hydrogen (secondary N) is 2. The van der Waals surface area contributed by atoms with Crippen LogP contribution in [0.25, 0.3) is 11.3 Å². The Morgan fingerprint density at radius 1 is 1.13 bits per heavy atom. The number of hydrogen-bond acceptors (Lipinski definition) is 6. The van der Waals surface area contributed by atoms with Crippen LogP contribution in [0.2, 0.25) is 0 Å². The summed E-state index contributed by atoms with van der Waals surface area (Å²) in [4.78, 5) is 53.5. The van der Waals surface area contributed by atoms with Gasteiger partial charge in [-0.25, -0.2) is 4.79 Å². The van der Waals surface area contributed by atoms with Crippen LogP contribution in [0.3, 0.4) is 0 Å². The molecule has 0 spiro atoms. The molecule has 3 amide bonds. The fourth-order valence-electron chi connectivity index (χ4n) is 3.12. The van der Waals surface area contributed by atoms with E-state index in [1.807, 2.05) is 0 Å². The summed E-state index contributed by atoms with van der Waals surface area (Å²) < 4.78 is 4.49. The molecule has 2 heterocycles. The third-order valence-corrected chi connectivity index (χ3v) is 4.61. The van der Waals surface area contributed by atoms with Crippen LogP contribution in [0.1, 0.15) is 22.8 Å². The van der Waals surface area contributed by atoms with Crippen molar-refractivity contribution in [1.82, 2.24) is 15.2 Å². The van der Waals surface area contributed by atoms with Crippen molar-refractivity contribution in [2.24, 2.45) is 0 Å². The lowest BCUT2D eigenvalue weighted by Crippen LogP contribution is -2.36. The summed E-state index contributed by atoms with van der Waals surface area (Å²) in [7, 11) is 1.16. The maximum Gasteiger partial charge on any atom is 0.353 e. The Morgan fingerprint density at radius 2 is 1.81 bits per heavy atom. The zero-order valence-electron chi connectivity index (χ0n) is 17.0. The van der Waals surface area contributed by atoms with Crippen molar-refractivity contribution in [3.05, 3.63) is 72.2 Å². The van der Waals surface area contributed by atoms with Gasteiger partial charge in [0.2, 0.25) is 5.91 Å². The Kier molecular flexibility index (Phi) is 5.96. The average molecular weight is 420 g/mol. The zero-order chi connectivity index (χ0) is 22.7. The number of esters is 1. The van der Waals surface area contributed by atoms with Crippen molar-refractivity contribution in [2.75, 3.05) is 12.4 Å². The molecule has 1 aromatic carbocycles. The number of methoxy groups -OCH3 is 1. The van der Waals surface area contributed by atoms with Gasteiger partial charge < -0.3 is 15.4 Å². The Hall–Kier alpha value is -4.27. The normalized spacial score (nSPS) is 12.1. The summed E-state index contributed by atoms with van der Waals surface area (Å²) in [5.74, 6) is -2.13. The monoisotopic (exact) mass is 420 g/mol. The molecule has 0 unspecified atom stereocenters. The maximum absolute atomic E-state index is 12.9. The Balaban J connectivity index is 1.83. The summed E-state index contributed by atoms with van der Waals surface area (Å²) in [6, 6.07) is 8.60. The van der Waals surface area contributed by atoms with Crippen LogP contribution >= 0.6 is 0 Å². The molecule has 1 aliphatic rings. The second-order valence-corrected chi connectivity index (χ2v) is 6.71. The number of nitrogens with zero attached hydrogens (tertiary/aromatic N) is 2. The zero-order valence-corrected chi connectivity index (χ0v) is 17.0. The lowest BCUT2D eigenvalue weighted by atomic mass is 10.0. The molecule has 0 saturated heterocycles. The molecule has 1 aromatic heterocycles. The van der Waals surface area contributed by atoms with Gasteiger partial charge in [-0.1, -0.05) is 25.3 Å². The molecule has 2 N–H and O–H groups in total. The minimum atomic E-state index is -0.800. The molecule has 0 radical (unpaired) electrons. The third kappa shape index (κ3) is 4.35. The number of carbonyl (C=O) groups is 4. The standard InChI is InChI=1S/C22H20N4O5/c1-12(22(30)31-4)24-20(28)13(2)26-11-18-17(21(26)29)9-10-23-19(18)15-5-7-16(8-6-15)25-14(3)27/h5-10H,1-2,11H2,3-4H3,(H,24,28)(H,25,27). The third-order valence-electron chi connectivity index (χ3n) is 4.61. The summed E-state index contributed by atoms with van der Waals surface area (Å²) in [5, 5.41) is 4.96. The minimum absolute atomic E-state index is 0.0851. The molecule has 0 saturated carbocycles. The van der Waals surface area contributed by atoms with Gasteiger partial charge in [0.15, 0.2) is 0 Å². The van der Waals surface area contributed by atoms with Crippen LogP contribution < -0.4 is 10.6 Å². The lowest BCUT2D eigenvalue weighted by molar-refractivity contribution is -0.137. The molecular formula is C22H20N4O5. The summed E-state index contributed by atoms with van der Waals surface area (Å²) in [5.41, 5.74) is 2.59. The molecule has 9 nitrogen and oxygen atoms in total. The summed E-state index contributed by atoms with van der Waals surface area (Å²) >= 11 is 0. The van der Waals surface area contributed by atoms with Crippen LogP contribution in [0.4, 0.5) is 5.69 Å². The number of carbonyl (C=O) groups excluding carboxylic acids is 4. The van der Waals surface area contributed by atoms with Gasteiger partial charge >= 0.3 is 5.97 Å². The van der Waals surface area contributed by atoms with Crippen molar-refractivity contribution in [2.45, 2.75) is 13.5 Å². The second kappa shape index (κ2) is 8.62. The van der Waals surface area contributed by atoms with E-state index in [0.717, 1.165) is 12.7 Å². The first-order valence-electron chi connectivity index (χ1n) is 9.18. The van der Waals surface area contributed by atoms with Gasteiger partial charge in [0.1, 0.15) is 11.4 Å². The number of amides is 3. The smallest absolute Gasteiger partial charge is 0.353 e. The molecule has 9 heteroatoms. The predicted octanol–water partition coefficient (Wildman–Crippen LogP) is 1.98. The molecule has 0 bridgehead atoms. The van der Waals surface area contributed by atoms with E-state index in [4.69, 9.17) is 0 Å². The molecule has 0 fully saturated rings. The molecule has 3 rings (SSSR count). The molecule has 158 valence electrons. The van der Waals surface area contributed by atoms with E-state index in [2.05, 4.69) is 33.5 Å². The van der Waals surface area contributed by atoms with E-state index >= 15 is 0 Å². The van der Waals surface area contributed by atoms with Crippen molar-refractivity contribution in [1.29, 1.82) is 0 Å². The maximum atomic E-state index is 12.9. The Labute approximate surface area is 178 Å². The highest BCUT2D eigenvalue weighted by molar-refractivity contribution is 6.07. The average Bonchev–Trinajstić information content (AvgIpc) is 3.09. The number of benzene rings is 1. The molecule has 1 aliphatic heterocycles. The van der Waals surface area contributed by atoms with Crippen molar-refractivity contribution >= 4 is 29.4 Å². The van der Waals surface area contributed by atoms with Gasteiger partial charge in [-0.2, -0.15) is 0 Å². The summed E-state index contributed by atoms with van der Waals surface area (Å²) in [6.45, 7) is 8.62. The van der Waals surface area contributed by atoms with Gasteiger partial charge in [-0.3, -0.25) is 24.3 Å². The van der Waals surface area contributed by atoms with Crippen molar-refractivity contribution < 1.29 is 23.9 Å². The van der Waals surface area contributed by atoms with Crippen LogP contribution in [0.5, 0.6) is 0 Å². The first-order chi connectivity index (χ1) is 14.7. The highest BCUT2D eigenvalue weighted by atomic mass is 16.5. The Morgan fingerprint density at radius 3 is 2.42 bits per heavy atom. The van der Waals surface area contributed by atoms with Gasteiger partial charge in [-0.05, 0) is 18.2 Å². The Bertz CT molecular complexity index is 1120. The quantitative estimate of drug-likeness (QED) is 0.545. The number of anilines is 1. The minimum Gasteiger partial charge on any atom is -0.464 e. The highest BCUT2D eigenvalue weighted by Gasteiger charge is 2.34. The van der Waals surface area contributed by atoms with E-state index in [9.17, 15) is 19.2 Å². The van der Waals surface area contributed by atoms with E-state index in [1.54, 1.807) is 30.3 Å². The van der Waals surface area contributed by atoms with Crippen LogP contribution in [-0.2, 0) is 25.7 Å². The fourth-order valence-corrected chi connectivity index (χ4v) is 3.12. The first kappa shape index (κ1) is 21.4. The number of rotatable bonds is 6. The predicted molar refractivity (Wildman–Crippen MR) is 112 cm³/mol. The van der Waals surface area contributed by atoms with Gasteiger partial charge in [0.05, 0.1) is 19.3 Å². The largest absolute Gasteiger partial charge is 0.464 e. The van der Waals surface area contributed by atoms with Crippen LogP contribution in [0.15, 0.2) is 61.1 Å². The van der Waals surface area contributed by atoms with E-state index in [0.29, 0.717) is 22.5 Å². The van der Waals surface area contributed by atoms with Crippen LogP contribution in [-0.4, -0.2) is 40.7 Å². The first-order valence-corrected chi connectivity index (χ1v) is 9.18. The van der Waals surface area contributed by atoms with Crippen molar-refractivity contribution in [3.8, 4) is 11.3 Å². The molecular weight excluding hydrogens is 400 g/mol. The second-order valence-electron chi connectivity index (χ2n) is 6.71. The van der Waals surface area contributed by atoms with Gasteiger partial charge in [-0.15, -0.1) is 0 Å². The molecule has 0 atom stereocenters. The lowest BCUT2D eigenvalue weighted by Gasteiger charge is -2.18. The highest BCUT2D eigenvalue weighted by Crippen LogP contribution is 2.33. The fraction of sp³-hybridized carbons (Fsp3) is 0.136. The van der Waals surface area contributed by atoms with E-state index in [-0.39, 0.29) is 23.8 Å². The molecule has 31 heavy (non-hydrogen) atoms. The number of hydrogen-bond donors (Lipinski definition) is 2. The van der Waals surface area contributed by atoms with Crippen LogP contribution in [0, 0.1) is 0 Å². The van der Waals surface area contributed by atoms with Crippen molar-refractivity contribution in [3.63, 3.8) is 0 Å². The van der Waals surface area contributed by atoms with E-state index in [1.165, 1.54) is 18.0 Å².